The Balaban J connectivity index is 4.35. The molecule has 2 amide bonds. The van der Waals surface area contributed by atoms with E-state index in [0.29, 0.717) is 0 Å². The lowest BCUT2D eigenvalue weighted by atomic mass is 10.3. The minimum Gasteiger partial charge on any atom is -0.462 e. The maximum atomic E-state index is 11.4. The van der Waals surface area contributed by atoms with Gasteiger partial charge in [0, 0.05) is 12.6 Å². The van der Waals surface area contributed by atoms with Gasteiger partial charge in [0.05, 0.1) is 7.11 Å². The normalized spacial score (nSPS) is 9.81. The molecule has 6 heteroatoms. The van der Waals surface area contributed by atoms with E-state index in [0.717, 1.165) is 12.0 Å². The Labute approximate surface area is 94.9 Å². The highest BCUT2D eigenvalue weighted by Crippen LogP contribution is 1.92. The van der Waals surface area contributed by atoms with Crippen molar-refractivity contribution in [3.8, 4) is 0 Å². The molecule has 0 radical (unpaired) electrons. The van der Waals surface area contributed by atoms with E-state index in [-0.39, 0.29) is 25.0 Å². The van der Waals surface area contributed by atoms with E-state index in [1.165, 1.54) is 0 Å². The molecule has 0 spiro atoms. The molecule has 0 atom stereocenters. The van der Waals surface area contributed by atoms with E-state index >= 15 is 0 Å². The molecule has 0 aliphatic carbocycles. The predicted molar refractivity (Wildman–Crippen MR) is 57.5 cm³/mol. The molecule has 0 aromatic carbocycles. The van der Waals surface area contributed by atoms with E-state index in [2.05, 4.69) is 10.1 Å². The Bertz CT molecular complexity index is 276. The highest BCUT2D eigenvalue weighted by molar-refractivity contribution is 6.32. The fourth-order valence-electron chi connectivity index (χ4n) is 1.08. The van der Waals surface area contributed by atoms with E-state index in [1.54, 1.807) is 6.92 Å². The zero-order valence-corrected chi connectivity index (χ0v) is 10.1. The number of esters is 1. The van der Waals surface area contributed by atoms with Gasteiger partial charge in [0.1, 0.15) is 6.54 Å². The van der Waals surface area contributed by atoms with Crippen molar-refractivity contribution in [1.29, 1.82) is 0 Å². The summed E-state index contributed by atoms with van der Waals surface area (Å²) in [6.45, 7) is 5.46. The Morgan fingerprint density at radius 3 is 2.25 bits per heavy atom. The van der Waals surface area contributed by atoms with Crippen molar-refractivity contribution in [3.63, 3.8) is 0 Å². The van der Waals surface area contributed by atoms with Gasteiger partial charge in [0.15, 0.2) is 0 Å². The third kappa shape index (κ3) is 4.77. The van der Waals surface area contributed by atoms with Crippen LogP contribution in [0.15, 0.2) is 0 Å². The number of hydrogen-bond donors (Lipinski definition) is 1. The van der Waals surface area contributed by atoms with Crippen LogP contribution in [0.4, 0.5) is 0 Å². The van der Waals surface area contributed by atoms with Crippen LogP contribution in [0.1, 0.15) is 20.8 Å². The molecule has 6 nitrogen and oxygen atoms in total. The molecular formula is C10H18N2O4. The standard InChI is InChI=1S/C10H18N2O4/c1-5-12(9(14)10(15)16-4)6-8(13)11-7(2)3/h7H,5-6H2,1-4H3,(H,11,13). The molecule has 16 heavy (non-hydrogen) atoms. The van der Waals surface area contributed by atoms with E-state index in [1.807, 2.05) is 13.8 Å². The maximum absolute atomic E-state index is 11.4. The topological polar surface area (TPSA) is 75.7 Å². The number of carbonyl (C=O) groups excluding carboxylic acids is 3. The third-order valence-electron chi connectivity index (χ3n) is 1.81. The molecule has 0 unspecified atom stereocenters. The molecule has 0 bridgehead atoms. The summed E-state index contributed by atoms with van der Waals surface area (Å²) < 4.78 is 4.30. The van der Waals surface area contributed by atoms with Crippen LogP contribution in [0.3, 0.4) is 0 Å². The van der Waals surface area contributed by atoms with Gasteiger partial charge in [-0.25, -0.2) is 4.79 Å². The summed E-state index contributed by atoms with van der Waals surface area (Å²) in [5, 5.41) is 2.63. The number of methoxy groups -OCH3 is 1. The molecule has 0 aliphatic rings. The molecule has 92 valence electrons. The van der Waals surface area contributed by atoms with Crippen molar-refractivity contribution in [2.45, 2.75) is 26.8 Å². The Kier molecular flexibility index (Phi) is 6.14. The highest BCUT2D eigenvalue weighted by Gasteiger charge is 2.23. The second-order valence-electron chi connectivity index (χ2n) is 3.53. The number of nitrogens with zero attached hydrogens (tertiary/aromatic N) is 1. The monoisotopic (exact) mass is 230 g/mol. The molecule has 0 aromatic heterocycles. The van der Waals surface area contributed by atoms with Crippen molar-refractivity contribution in [3.05, 3.63) is 0 Å². The average molecular weight is 230 g/mol. The number of likely N-dealkylation sites (N-methyl/N-ethyl adjacent to an activating group) is 1. The summed E-state index contributed by atoms with van der Waals surface area (Å²) >= 11 is 0. The Morgan fingerprint density at radius 2 is 1.88 bits per heavy atom. The van der Waals surface area contributed by atoms with Crippen LogP contribution < -0.4 is 5.32 Å². The quantitative estimate of drug-likeness (QED) is 0.523. The van der Waals surface area contributed by atoms with Crippen LogP contribution in [-0.4, -0.2) is 48.9 Å². The minimum atomic E-state index is -0.959. The van der Waals surface area contributed by atoms with Crippen LogP contribution in [0.25, 0.3) is 0 Å². The zero-order chi connectivity index (χ0) is 12.7. The van der Waals surface area contributed by atoms with Crippen LogP contribution in [-0.2, 0) is 19.1 Å². The van der Waals surface area contributed by atoms with Crippen LogP contribution in [0.5, 0.6) is 0 Å². The molecule has 1 N–H and O–H groups in total. The summed E-state index contributed by atoms with van der Waals surface area (Å²) in [6, 6.07) is -0.000523. The molecular weight excluding hydrogens is 212 g/mol. The van der Waals surface area contributed by atoms with Crippen molar-refractivity contribution in [2.24, 2.45) is 0 Å². The van der Waals surface area contributed by atoms with Gasteiger partial charge in [0.2, 0.25) is 5.91 Å². The summed E-state index contributed by atoms with van der Waals surface area (Å²) in [4.78, 5) is 34.9. The summed E-state index contributed by atoms with van der Waals surface area (Å²) in [5.41, 5.74) is 0. The van der Waals surface area contributed by atoms with Gasteiger partial charge in [-0.15, -0.1) is 0 Å². The molecule has 0 rings (SSSR count). The second kappa shape index (κ2) is 6.81. The number of ether oxygens (including phenoxy) is 1. The second-order valence-corrected chi connectivity index (χ2v) is 3.53. The van der Waals surface area contributed by atoms with Gasteiger partial charge in [-0.3, -0.25) is 9.59 Å². The smallest absolute Gasteiger partial charge is 0.396 e. The fraction of sp³-hybridized carbons (Fsp3) is 0.700. The van der Waals surface area contributed by atoms with Crippen LogP contribution in [0.2, 0.25) is 0 Å². The number of hydrogen-bond acceptors (Lipinski definition) is 4. The van der Waals surface area contributed by atoms with E-state index < -0.39 is 11.9 Å². The molecule has 0 aliphatic heterocycles. The largest absolute Gasteiger partial charge is 0.462 e. The minimum absolute atomic E-state index is 0.000523. The lowest BCUT2D eigenvalue weighted by molar-refractivity contribution is -0.158. The lowest BCUT2D eigenvalue weighted by Gasteiger charge is -2.19. The maximum Gasteiger partial charge on any atom is 0.396 e. The molecule has 0 heterocycles. The molecule has 0 fully saturated rings. The van der Waals surface area contributed by atoms with Crippen LogP contribution in [0, 0.1) is 0 Å². The van der Waals surface area contributed by atoms with Crippen molar-refractivity contribution >= 4 is 17.8 Å². The van der Waals surface area contributed by atoms with Gasteiger partial charge in [-0.05, 0) is 20.8 Å². The van der Waals surface area contributed by atoms with Crippen LogP contribution >= 0.6 is 0 Å². The summed E-state index contributed by atoms with van der Waals surface area (Å²) in [5.74, 6) is -2.06. The number of amides is 2. The van der Waals surface area contributed by atoms with Crippen molar-refractivity contribution in [1.82, 2.24) is 10.2 Å². The van der Waals surface area contributed by atoms with Crippen molar-refractivity contribution in [2.75, 3.05) is 20.2 Å². The average Bonchev–Trinajstić information content (AvgIpc) is 2.22. The summed E-state index contributed by atoms with van der Waals surface area (Å²) in [6.07, 6.45) is 0. The predicted octanol–water partition coefficient (Wildman–Crippen LogP) is -0.467. The molecule has 0 saturated heterocycles. The first-order valence-electron chi connectivity index (χ1n) is 5.08. The summed E-state index contributed by atoms with van der Waals surface area (Å²) in [7, 11) is 1.13. The van der Waals surface area contributed by atoms with Gasteiger partial charge in [-0.2, -0.15) is 0 Å². The lowest BCUT2D eigenvalue weighted by Crippen LogP contribution is -2.45. The third-order valence-corrected chi connectivity index (χ3v) is 1.81. The number of nitrogens with one attached hydrogen (secondary N) is 1. The Morgan fingerprint density at radius 1 is 1.31 bits per heavy atom. The van der Waals surface area contributed by atoms with Crippen molar-refractivity contribution < 1.29 is 19.1 Å². The number of rotatable bonds is 4. The molecule has 0 aromatic rings. The van der Waals surface area contributed by atoms with E-state index in [9.17, 15) is 14.4 Å². The van der Waals surface area contributed by atoms with E-state index in [4.69, 9.17) is 0 Å². The number of carbonyl (C=O) groups is 3. The molecule has 0 saturated carbocycles. The van der Waals surface area contributed by atoms with Gasteiger partial charge < -0.3 is 15.0 Å². The first-order valence-corrected chi connectivity index (χ1v) is 5.08. The fourth-order valence-corrected chi connectivity index (χ4v) is 1.08. The van der Waals surface area contributed by atoms with Gasteiger partial charge in [-0.1, -0.05) is 0 Å². The Hall–Kier alpha value is -1.59. The highest BCUT2D eigenvalue weighted by atomic mass is 16.5. The van der Waals surface area contributed by atoms with Gasteiger partial charge in [0.25, 0.3) is 0 Å². The zero-order valence-electron chi connectivity index (χ0n) is 10.1. The van der Waals surface area contributed by atoms with Gasteiger partial charge >= 0.3 is 11.9 Å². The first kappa shape index (κ1) is 14.4. The SMILES string of the molecule is CCN(CC(=O)NC(C)C)C(=O)C(=O)OC. The first-order chi connectivity index (χ1) is 7.42.